The molecule has 0 radical (unpaired) electrons. The standard InChI is InChI=1S/C21H20N2O5S/c1-23(16-10-11-29(26,27)14-16)20(24)13-28-21(25)19-9-5-4-8-18(19)17-7-3-2-6-15(17)12-22/h2-9,16H,10-11,13-14H2,1H3/t16-/m0/s1. The predicted octanol–water partition coefficient (Wildman–Crippen LogP) is 2.03. The van der Waals surface area contributed by atoms with E-state index in [1.807, 2.05) is 0 Å². The summed E-state index contributed by atoms with van der Waals surface area (Å²) in [6, 6.07) is 15.3. The zero-order chi connectivity index (χ0) is 21.0. The quantitative estimate of drug-likeness (QED) is 0.696. The molecule has 1 fully saturated rings. The van der Waals surface area contributed by atoms with Crippen LogP contribution in [-0.4, -0.2) is 56.4 Å². The maximum Gasteiger partial charge on any atom is 0.339 e. The van der Waals surface area contributed by atoms with Crippen LogP contribution in [0.2, 0.25) is 0 Å². The van der Waals surface area contributed by atoms with Crippen LogP contribution in [0.5, 0.6) is 0 Å². The lowest BCUT2D eigenvalue weighted by Gasteiger charge is -2.23. The van der Waals surface area contributed by atoms with E-state index in [1.54, 1.807) is 48.5 Å². The molecule has 0 N–H and O–H groups in total. The molecule has 1 amide bonds. The molecule has 1 aliphatic rings. The monoisotopic (exact) mass is 412 g/mol. The summed E-state index contributed by atoms with van der Waals surface area (Å²) in [5, 5.41) is 9.33. The van der Waals surface area contributed by atoms with Gasteiger partial charge in [-0.05, 0) is 24.1 Å². The fourth-order valence-corrected chi connectivity index (χ4v) is 5.08. The smallest absolute Gasteiger partial charge is 0.339 e. The number of nitrogens with zero attached hydrogens (tertiary/aromatic N) is 2. The molecular weight excluding hydrogens is 392 g/mol. The van der Waals surface area contributed by atoms with Crippen molar-refractivity contribution in [2.24, 2.45) is 0 Å². The average molecular weight is 412 g/mol. The minimum absolute atomic E-state index is 0.0563. The molecule has 0 saturated carbocycles. The first kappa shape index (κ1) is 20.6. The van der Waals surface area contributed by atoms with E-state index in [9.17, 15) is 23.3 Å². The number of amides is 1. The van der Waals surface area contributed by atoms with Crippen molar-refractivity contribution in [1.29, 1.82) is 5.26 Å². The van der Waals surface area contributed by atoms with E-state index in [4.69, 9.17) is 4.74 Å². The minimum atomic E-state index is -3.12. The highest BCUT2D eigenvalue weighted by molar-refractivity contribution is 7.91. The Morgan fingerprint density at radius 2 is 1.79 bits per heavy atom. The maximum absolute atomic E-state index is 12.6. The van der Waals surface area contributed by atoms with E-state index >= 15 is 0 Å². The molecule has 2 aromatic carbocycles. The number of benzene rings is 2. The van der Waals surface area contributed by atoms with Gasteiger partial charge in [-0.1, -0.05) is 36.4 Å². The Hall–Kier alpha value is -3.18. The molecule has 1 aliphatic heterocycles. The number of ether oxygens (including phenoxy) is 1. The topological polar surface area (TPSA) is 105 Å². The maximum atomic E-state index is 12.6. The Balaban J connectivity index is 1.72. The second kappa shape index (κ2) is 8.45. The molecule has 8 heteroatoms. The second-order valence-corrected chi connectivity index (χ2v) is 9.07. The number of sulfone groups is 1. The van der Waals surface area contributed by atoms with Crippen molar-refractivity contribution in [1.82, 2.24) is 4.90 Å². The van der Waals surface area contributed by atoms with Crippen molar-refractivity contribution in [2.75, 3.05) is 25.2 Å². The molecule has 7 nitrogen and oxygen atoms in total. The molecule has 0 unspecified atom stereocenters. The number of hydrogen-bond acceptors (Lipinski definition) is 6. The molecule has 3 rings (SSSR count). The minimum Gasteiger partial charge on any atom is -0.452 e. The van der Waals surface area contributed by atoms with Gasteiger partial charge in [0, 0.05) is 18.7 Å². The van der Waals surface area contributed by atoms with Crippen molar-refractivity contribution in [3.63, 3.8) is 0 Å². The zero-order valence-electron chi connectivity index (χ0n) is 15.9. The van der Waals surface area contributed by atoms with Crippen LogP contribution in [0.1, 0.15) is 22.3 Å². The van der Waals surface area contributed by atoms with Gasteiger partial charge in [0.25, 0.3) is 5.91 Å². The molecule has 0 aromatic heterocycles. The lowest BCUT2D eigenvalue weighted by Crippen LogP contribution is -2.40. The largest absolute Gasteiger partial charge is 0.452 e. The molecule has 1 heterocycles. The first-order valence-electron chi connectivity index (χ1n) is 9.04. The molecular formula is C21H20N2O5S. The third kappa shape index (κ3) is 4.63. The van der Waals surface area contributed by atoms with Crippen LogP contribution >= 0.6 is 0 Å². The molecule has 1 atom stereocenters. The average Bonchev–Trinajstić information content (AvgIpc) is 3.10. The number of carbonyl (C=O) groups is 2. The first-order chi connectivity index (χ1) is 13.8. The summed E-state index contributed by atoms with van der Waals surface area (Å²) < 4.78 is 28.4. The summed E-state index contributed by atoms with van der Waals surface area (Å²) in [7, 11) is -1.61. The number of esters is 1. The van der Waals surface area contributed by atoms with Gasteiger partial charge in [0.15, 0.2) is 16.4 Å². The Morgan fingerprint density at radius 1 is 1.14 bits per heavy atom. The summed E-state index contributed by atoms with van der Waals surface area (Å²) in [6.45, 7) is -0.486. The third-order valence-corrected chi connectivity index (χ3v) is 6.71. The Morgan fingerprint density at radius 3 is 2.45 bits per heavy atom. The highest BCUT2D eigenvalue weighted by atomic mass is 32.2. The van der Waals surface area contributed by atoms with Crippen molar-refractivity contribution in [2.45, 2.75) is 12.5 Å². The lowest BCUT2D eigenvalue weighted by molar-refractivity contribution is -0.134. The van der Waals surface area contributed by atoms with Crippen LogP contribution in [0.4, 0.5) is 0 Å². The Labute approximate surface area is 169 Å². The molecule has 0 spiro atoms. The van der Waals surface area contributed by atoms with Gasteiger partial charge in [0.05, 0.1) is 28.7 Å². The van der Waals surface area contributed by atoms with Gasteiger partial charge in [-0.2, -0.15) is 5.26 Å². The summed E-state index contributed by atoms with van der Waals surface area (Å²) >= 11 is 0. The third-order valence-electron chi connectivity index (χ3n) is 4.96. The van der Waals surface area contributed by atoms with E-state index in [2.05, 4.69) is 6.07 Å². The van der Waals surface area contributed by atoms with Crippen molar-refractivity contribution in [3.05, 3.63) is 59.7 Å². The van der Waals surface area contributed by atoms with Crippen LogP contribution in [0, 0.1) is 11.3 Å². The van der Waals surface area contributed by atoms with Gasteiger partial charge >= 0.3 is 5.97 Å². The molecule has 1 saturated heterocycles. The first-order valence-corrected chi connectivity index (χ1v) is 10.9. The second-order valence-electron chi connectivity index (χ2n) is 6.84. The lowest BCUT2D eigenvalue weighted by atomic mass is 9.96. The van der Waals surface area contributed by atoms with E-state index in [1.165, 1.54) is 11.9 Å². The van der Waals surface area contributed by atoms with E-state index < -0.39 is 34.4 Å². The van der Waals surface area contributed by atoms with Crippen molar-refractivity contribution < 1.29 is 22.7 Å². The SMILES string of the molecule is CN(C(=O)COC(=O)c1ccccc1-c1ccccc1C#N)[C@H]1CCS(=O)(=O)C1. The van der Waals surface area contributed by atoms with E-state index in [0.29, 0.717) is 23.1 Å². The summed E-state index contributed by atoms with van der Waals surface area (Å²) in [5.74, 6) is -1.16. The molecule has 150 valence electrons. The summed E-state index contributed by atoms with van der Waals surface area (Å²) in [4.78, 5) is 26.3. The fraction of sp³-hybridized carbons (Fsp3) is 0.286. The van der Waals surface area contributed by atoms with Gasteiger partial charge in [-0.15, -0.1) is 0 Å². The van der Waals surface area contributed by atoms with Crippen LogP contribution in [0.3, 0.4) is 0 Å². The van der Waals surface area contributed by atoms with Gasteiger partial charge in [0.2, 0.25) is 0 Å². The van der Waals surface area contributed by atoms with Gasteiger partial charge in [-0.25, -0.2) is 13.2 Å². The Bertz CT molecular complexity index is 1090. The van der Waals surface area contributed by atoms with Crippen LogP contribution < -0.4 is 0 Å². The number of likely N-dealkylation sites (N-methyl/N-ethyl adjacent to an activating group) is 1. The Kier molecular flexibility index (Phi) is 5.99. The van der Waals surface area contributed by atoms with E-state index in [0.717, 1.165) is 0 Å². The fourth-order valence-electron chi connectivity index (χ4n) is 3.30. The highest BCUT2D eigenvalue weighted by Crippen LogP contribution is 2.27. The molecule has 0 bridgehead atoms. The van der Waals surface area contributed by atoms with Crippen LogP contribution in [0.15, 0.2) is 48.5 Å². The molecule has 2 aromatic rings. The number of nitriles is 1. The summed E-state index contributed by atoms with van der Waals surface area (Å²) in [5.41, 5.74) is 1.81. The van der Waals surface area contributed by atoms with E-state index in [-0.39, 0.29) is 17.1 Å². The van der Waals surface area contributed by atoms with Gasteiger partial charge in [0.1, 0.15) is 0 Å². The predicted molar refractivity (Wildman–Crippen MR) is 107 cm³/mol. The normalized spacial score (nSPS) is 17.3. The highest BCUT2D eigenvalue weighted by Gasteiger charge is 2.33. The molecule has 0 aliphatic carbocycles. The number of rotatable bonds is 5. The summed E-state index contributed by atoms with van der Waals surface area (Å²) in [6.07, 6.45) is 0.381. The molecule has 29 heavy (non-hydrogen) atoms. The van der Waals surface area contributed by atoms with Gasteiger partial charge in [-0.3, -0.25) is 4.79 Å². The van der Waals surface area contributed by atoms with Crippen molar-refractivity contribution in [3.8, 4) is 17.2 Å². The van der Waals surface area contributed by atoms with Crippen LogP contribution in [-0.2, 0) is 19.4 Å². The van der Waals surface area contributed by atoms with Gasteiger partial charge < -0.3 is 9.64 Å². The number of carbonyl (C=O) groups excluding carboxylic acids is 2. The van der Waals surface area contributed by atoms with Crippen LogP contribution in [0.25, 0.3) is 11.1 Å². The van der Waals surface area contributed by atoms with Crippen molar-refractivity contribution >= 4 is 21.7 Å². The zero-order valence-corrected chi connectivity index (χ0v) is 16.7. The number of hydrogen-bond donors (Lipinski definition) is 0.